The molecule has 1 aromatic heterocycles. The van der Waals surface area contributed by atoms with Crippen LogP contribution in [0, 0.1) is 0 Å². The second kappa shape index (κ2) is 3.79. The van der Waals surface area contributed by atoms with Gasteiger partial charge in [-0.25, -0.2) is 4.79 Å². The fraction of sp³-hybridized carbons (Fsp3) is 0. The van der Waals surface area contributed by atoms with E-state index in [1.165, 1.54) is 6.08 Å². The van der Waals surface area contributed by atoms with Gasteiger partial charge < -0.3 is 9.52 Å². The van der Waals surface area contributed by atoms with Gasteiger partial charge in [0.05, 0.1) is 5.02 Å². The maximum Gasteiger partial charge on any atom is 0.328 e. The van der Waals surface area contributed by atoms with E-state index in [0.717, 1.165) is 11.5 Å². The van der Waals surface area contributed by atoms with Crippen molar-refractivity contribution in [2.24, 2.45) is 0 Å². The van der Waals surface area contributed by atoms with Gasteiger partial charge in [0.15, 0.2) is 5.58 Å². The van der Waals surface area contributed by atoms with E-state index in [1.807, 2.05) is 12.1 Å². The number of fused-ring (bicyclic) bond motifs is 1. The number of rotatable bonds is 2. The molecule has 0 radical (unpaired) electrons. The minimum atomic E-state index is -1.01. The normalized spacial score (nSPS) is 11.3. The Morgan fingerprint density at radius 1 is 1.47 bits per heavy atom. The largest absolute Gasteiger partial charge is 0.478 e. The van der Waals surface area contributed by atoms with E-state index in [-0.39, 0.29) is 0 Å². The van der Waals surface area contributed by atoms with E-state index in [9.17, 15) is 4.79 Å². The van der Waals surface area contributed by atoms with Gasteiger partial charge in [0.25, 0.3) is 0 Å². The molecule has 4 heteroatoms. The van der Waals surface area contributed by atoms with Gasteiger partial charge in [-0.05, 0) is 18.2 Å². The number of benzene rings is 1. The molecule has 1 aromatic carbocycles. The van der Waals surface area contributed by atoms with E-state index in [1.54, 1.807) is 12.1 Å². The number of para-hydroxylation sites is 1. The minimum Gasteiger partial charge on any atom is -0.478 e. The van der Waals surface area contributed by atoms with Crippen LogP contribution in [0.3, 0.4) is 0 Å². The lowest BCUT2D eigenvalue weighted by Gasteiger charge is -1.89. The van der Waals surface area contributed by atoms with Crippen LogP contribution in [0.25, 0.3) is 17.0 Å². The molecule has 0 bridgehead atoms. The third-order valence-electron chi connectivity index (χ3n) is 1.91. The van der Waals surface area contributed by atoms with Crippen LogP contribution in [-0.2, 0) is 4.79 Å². The molecule has 0 amide bonds. The molecule has 0 aliphatic heterocycles. The zero-order valence-electron chi connectivity index (χ0n) is 7.61. The van der Waals surface area contributed by atoms with Crippen LogP contribution in [0.2, 0.25) is 5.02 Å². The summed E-state index contributed by atoms with van der Waals surface area (Å²) in [6.07, 6.45) is 2.41. The molecule has 3 nitrogen and oxygen atoms in total. The molecule has 15 heavy (non-hydrogen) atoms. The van der Waals surface area contributed by atoms with Gasteiger partial charge >= 0.3 is 5.97 Å². The zero-order chi connectivity index (χ0) is 10.8. The maximum atomic E-state index is 10.3. The van der Waals surface area contributed by atoms with Crippen molar-refractivity contribution in [1.82, 2.24) is 0 Å². The lowest BCUT2D eigenvalue weighted by molar-refractivity contribution is -0.131. The van der Waals surface area contributed by atoms with Crippen molar-refractivity contribution in [2.75, 3.05) is 0 Å². The number of carbonyl (C=O) groups is 1. The van der Waals surface area contributed by atoms with Gasteiger partial charge in [-0.3, -0.25) is 0 Å². The Morgan fingerprint density at radius 2 is 2.27 bits per heavy atom. The molecule has 0 unspecified atom stereocenters. The van der Waals surface area contributed by atoms with E-state index >= 15 is 0 Å². The second-order valence-corrected chi connectivity index (χ2v) is 3.39. The first-order chi connectivity index (χ1) is 7.16. The fourth-order valence-corrected chi connectivity index (χ4v) is 1.50. The predicted molar refractivity (Wildman–Crippen MR) is 57.9 cm³/mol. The Labute approximate surface area is 90.6 Å². The van der Waals surface area contributed by atoms with E-state index in [2.05, 4.69) is 0 Å². The molecule has 0 spiro atoms. The standard InChI is InChI=1S/C11H7ClO3/c12-9-3-1-2-7-6-8(15-11(7)9)4-5-10(13)14/h1-6H,(H,13,14)/b5-4+. The van der Waals surface area contributed by atoms with Crippen molar-refractivity contribution in [2.45, 2.75) is 0 Å². The molecule has 0 aliphatic rings. The second-order valence-electron chi connectivity index (χ2n) is 2.98. The predicted octanol–water partition coefficient (Wildman–Crippen LogP) is 3.18. The fourth-order valence-electron chi connectivity index (χ4n) is 1.28. The average molecular weight is 223 g/mol. The molecule has 1 N–H and O–H groups in total. The zero-order valence-corrected chi connectivity index (χ0v) is 8.36. The third-order valence-corrected chi connectivity index (χ3v) is 2.20. The summed E-state index contributed by atoms with van der Waals surface area (Å²) in [6, 6.07) is 7.12. The monoisotopic (exact) mass is 222 g/mol. The lowest BCUT2D eigenvalue weighted by Crippen LogP contribution is -1.84. The van der Waals surface area contributed by atoms with Crippen LogP contribution >= 0.6 is 11.6 Å². The lowest BCUT2D eigenvalue weighted by atomic mass is 10.2. The Balaban J connectivity index is 2.48. The van der Waals surface area contributed by atoms with Crippen LogP contribution in [-0.4, -0.2) is 11.1 Å². The molecule has 0 saturated carbocycles. The molecular formula is C11H7ClO3. The van der Waals surface area contributed by atoms with E-state index < -0.39 is 5.97 Å². The van der Waals surface area contributed by atoms with Crippen LogP contribution in [0.15, 0.2) is 34.8 Å². The van der Waals surface area contributed by atoms with Crippen molar-refractivity contribution >= 4 is 34.6 Å². The highest BCUT2D eigenvalue weighted by molar-refractivity contribution is 6.34. The summed E-state index contributed by atoms with van der Waals surface area (Å²) in [5.41, 5.74) is 0.573. The first-order valence-electron chi connectivity index (χ1n) is 4.26. The Morgan fingerprint density at radius 3 is 2.93 bits per heavy atom. The van der Waals surface area contributed by atoms with Crippen molar-refractivity contribution in [1.29, 1.82) is 0 Å². The van der Waals surface area contributed by atoms with E-state index in [0.29, 0.717) is 16.4 Å². The van der Waals surface area contributed by atoms with Crippen molar-refractivity contribution in [3.8, 4) is 0 Å². The first-order valence-corrected chi connectivity index (χ1v) is 4.63. The van der Waals surface area contributed by atoms with Gasteiger partial charge in [0, 0.05) is 11.5 Å². The molecular weight excluding hydrogens is 216 g/mol. The molecule has 2 aromatic rings. The van der Waals surface area contributed by atoms with Crippen LogP contribution in [0.4, 0.5) is 0 Å². The van der Waals surface area contributed by atoms with Gasteiger partial charge in [0.1, 0.15) is 5.76 Å². The first kappa shape index (κ1) is 9.80. The highest BCUT2D eigenvalue weighted by Gasteiger charge is 2.04. The minimum absolute atomic E-state index is 0.473. The summed E-state index contributed by atoms with van der Waals surface area (Å²) in [4.78, 5) is 10.3. The van der Waals surface area contributed by atoms with Gasteiger partial charge in [-0.15, -0.1) is 0 Å². The van der Waals surface area contributed by atoms with Gasteiger partial charge in [-0.1, -0.05) is 23.7 Å². The smallest absolute Gasteiger partial charge is 0.328 e. The van der Waals surface area contributed by atoms with Crippen molar-refractivity contribution < 1.29 is 14.3 Å². The van der Waals surface area contributed by atoms with E-state index in [4.69, 9.17) is 21.1 Å². The highest BCUT2D eigenvalue weighted by atomic mass is 35.5. The molecule has 0 fully saturated rings. The quantitative estimate of drug-likeness (QED) is 0.794. The average Bonchev–Trinajstić information content (AvgIpc) is 2.59. The number of carboxylic acid groups (broad SMARTS) is 1. The molecule has 76 valence electrons. The summed E-state index contributed by atoms with van der Waals surface area (Å²) < 4.78 is 5.37. The number of hydrogen-bond acceptors (Lipinski definition) is 2. The highest BCUT2D eigenvalue weighted by Crippen LogP contribution is 2.26. The number of furan rings is 1. The molecule has 1 heterocycles. The number of halogens is 1. The molecule has 2 rings (SSSR count). The van der Waals surface area contributed by atoms with Crippen LogP contribution < -0.4 is 0 Å². The number of carboxylic acids is 1. The summed E-state index contributed by atoms with van der Waals surface area (Å²) in [5.74, 6) is -0.540. The molecule has 0 aliphatic carbocycles. The van der Waals surface area contributed by atoms with Crippen molar-refractivity contribution in [3.05, 3.63) is 41.1 Å². The van der Waals surface area contributed by atoms with Crippen LogP contribution in [0.5, 0.6) is 0 Å². The van der Waals surface area contributed by atoms with Gasteiger partial charge in [-0.2, -0.15) is 0 Å². The van der Waals surface area contributed by atoms with Gasteiger partial charge in [0.2, 0.25) is 0 Å². The summed E-state index contributed by atoms with van der Waals surface area (Å²) >= 11 is 5.90. The summed E-state index contributed by atoms with van der Waals surface area (Å²) in [6.45, 7) is 0. The Bertz CT molecular complexity index is 540. The SMILES string of the molecule is O=C(O)/C=C/c1cc2cccc(Cl)c2o1. The van der Waals surface area contributed by atoms with Crippen LogP contribution in [0.1, 0.15) is 5.76 Å². The Kier molecular flexibility index (Phi) is 2.47. The number of aliphatic carboxylic acids is 1. The summed E-state index contributed by atoms with van der Waals surface area (Å²) in [5, 5.41) is 9.82. The van der Waals surface area contributed by atoms with Crippen molar-refractivity contribution in [3.63, 3.8) is 0 Å². The maximum absolute atomic E-state index is 10.3. The topological polar surface area (TPSA) is 50.4 Å². The number of hydrogen-bond donors (Lipinski definition) is 1. The summed E-state index contributed by atoms with van der Waals surface area (Å²) in [7, 11) is 0. The molecule has 0 atom stereocenters. The third kappa shape index (κ3) is 2.02. The Hall–Kier alpha value is -1.74. The molecule has 0 saturated heterocycles.